The highest BCUT2D eigenvalue weighted by Crippen LogP contribution is 2.68. The molecule has 11 rings (SSSR count). The van der Waals surface area contributed by atoms with Gasteiger partial charge in [-0.1, -0.05) is 68.2 Å². The van der Waals surface area contributed by atoms with Crippen LogP contribution in [0.2, 0.25) is 0 Å². The highest BCUT2D eigenvalue weighted by Gasteiger charge is 2.63. The van der Waals surface area contributed by atoms with E-state index in [1.165, 1.54) is 109 Å². The molecule has 0 amide bonds. The fourth-order valence-corrected chi connectivity index (χ4v) is 17.9. The van der Waals surface area contributed by atoms with E-state index in [1.54, 1.807) is 0 Å². The molecule has 0 aromatic carbocycles. The molecule has 0 aliphatic heterocycles. The molecule has 0 N–H and O–H groups in total. The van der Waals surface area contributed by atoms with Crippen molar-refractivity contribution in [3.8, 4) is 0 Å². The van der Waals surface area contributed by atoms with E-state index >= 15 is 0 Å². The average Bonchev–Trinajstić information content (AvgIpc) is 1.59. The average molecular weight is 1310 g/mol. The van der Waals surface area contributed by atoms with Gasteiger partial charge in [-0.3, -0.25) is 24.0 Å². The normalized spacial score (nSPS) is 31.7. The van der Waals surface area contributed by atoms with Gasteiger partial charge < -0.3 is 37.9 Å². The molecule has 10 bridgehead atoms. The molecule has 13 unspecified atom stereocenters. The fourth-order valence-electron chi connectivity index (χ4n) is 17.9. The standard InChI is InChI=1S/C20H32O3.C18H30O3.C15H26O3.C14H26O2.C13H26O2/c1-5-20(3,4)19(21)23-11(2)22-16-10-14-9-15(16)18-13-7-6-12(8-13)17(14)18;1-5-18(3,4)17(19)21-11(2)20-16-14-7-12-6-13(9-14)10-15(16)8-12;1-5-15(3,4)14(16)18-10(2)17-13-9-11-6-7-12(13)8-11;1-6-13(2,3)12(15)16-14(4,5)11-9-7-8-10-11;1-7-12(5,6)11(14)15-13(8-2,9-3)10-4/h11-18H,5-10H2,1-4H3;11-16H,5-10H2,1-4H3;10-13H,5-9H2,1-4H3;11H,6-10H2,1-5H3;7-10H2,1-6H3. The van der Waals surface area contributed by atoms with Crippen molar-refractivity contribution in [3.63, 3.8) is 0 Å². The Morgan fingerprint density at radius 2 is 0.731 bits per heavy atom. The number of esters is 5. The lowest BCUT2D eigenvalue weighted by Gasteiger charge is -2.54. The first kappa shape index (κ1) is 79.2. The summed E-state index contributed by atoms with van der Waals surface area (Å²) in [6.07, 6.45) is 30.3. The molecule has 13 heteroatoms. The Morgan fingerprint density at radius 3 is 1.14 bits per heavy atom. The predicted octanol–water partition coefficient (Wildman–Crippen LogP) is 19.9. The first-order valence-corrected chi connectivity index (χ1v) is 38.4. The van der Waals surface area contributed by atoms with Gasteiger partial charge in [-0.05, 0) is 335 Å². The van der Waals surface area contributed by atoms with Gasteiger partial charge in [-0.15, -0.1) is 0 Å². The third-order valence-corrected chi connectivity index (χ3v) is 26.5. The molecule has 93 heavy (non-hydrogen) atoms. The molecular weight excluding hydrogens is 1170 g/mol. The summed E-state index contributed by atoms with van der Waals surface area (Å²) >= 11 is 0. The SMILES string of the molecule is CCC(C)(C)C(=O)OC(C)(C)C1CCCC1.CCC(C)(C)C(=O)OC(C)OC1C2CC3CC(C2)CC1C3.CCC(C)(C)C(=O)OC(C)OC1CC2CC1C1C3CCC(C3)C21.CCC(C)(C)C(=O)OC(C)OC1CC2CCC1C2.CCC(CC)(CC)OC(=O)C(C)(C)CC. The second-order valence-corrected chi connectivity index (χ2v) is 35.2. The van der Waals surface area contributed by atoms with Crippen molar-refractivity contribution < 1.29 is 61.9 Å². The molecule has 0 saturated heterocycles. The van der Waals surface area contributed by atoms with E-state index in [0.717, 1.165) is 111 Å². The lowest BCUT2D eigenvalue weighted by Crippen LogP contribution is -2.50. The van der Waals surface area contributed by atoms with Crippen molar-refractivity contribution >= 4 is 29.8 Å². The first-order chi connectivity index (χ1) is 43.4. The Morgan fingerprint density at radius 1 is 0.344 bits per heavy atom. The van der Waals surface area contributed by atoms with Crippen LogP contribution in [0, 0.1) is 104 Å². The molecule has 11 aliphatic carbocycles. The summed E-state index contributed by atoms with van der Waals surface area (Å²) in [6.45, 7) is 45.5. The molecule has 11 fully saturated rings. The summed E-state index contributed by atoms with van der Waals surface area (Å²) in [5.74, 6) is 10.5. The Kier molecular flexibility index (Phi) is 28.1. The number of hydrogen-bond donors (Lipinski definition) is 0. The minimum absolute atomic E-state index is 0.0492. The number of fused-ring (bicyclic) bond motifs is 11. The van der Waals surface area contributed by atoms with Crippen LogP contribution in [0.15, 0.2) is 0 Å². The zero-order valence-electron chi connectivity index (χ0n) is 63.7. The van der Waals surface area contributed by atoms with Gasteiger partial charge in [0.1, 0.15) is 11.2 Å². The van der Waals surface area contributed by atoms with Gasteiger partial charge in [0.15, 0.2) is 18.9 Å². The van der Waals surface area contributed by atoms with Crippen LogP contribution in [0.5, 0.6) is 0 Å². The summed E-state index contributed by atoms with van der Waals surface area (Å²) in [4.78, 5) is 60.3. The molecule has 11 aliphatic rings. The number of ether oxygens (including phenoxy) is 8. The molecule has 11 saturated carbocycles. The van der Waals surface area contributed by atoms with E-state index in [4.69, 9.17) is 37.9 Å². The maximum atomic E-state index is 12.2. The summed E-state index contributed by atoms with van der Waals surface area (Å²) in [5.41, 5.74) is -2.49. The van der Waals surface area contributed by atoms with Crippen molar-refractivity contribution in [2.75, 3.05) is 0 Å². The van der Waals surface area contributed by atoms with Gasteiger partial charge in [0.25, 0.3) is 0 Å². The van der Waals surface area contributed by atoms with Gasteiger partial charge in [0.2, 0.25) is 0 Å². The van der Waals surface area contributed by atoms with Crippen molar-refractivity contribution in [1.29, 1.82) is 0 Å². The molecule has 0 spiro atoms. The molecule has 0 radical (unpaired) electrons. The Labute approximate surface area is 567 Å². The maximum Gasteiger partial charge on any atom is 0.313 e. The number of carbonyl (C=O) groups is 5. The van der Waals surface area contributed by atoms with Gasteiger partial charge in [-0.2, -0.15) is 0 Å². The van der Waals surface area contributed by atoms with Crippen LogP contribution in [-0.2, 0) is 61.9 Å². The summed E-state index contributed by atoms with van der Waals surface area (Å²) in [7, 11) is 0. The van der Waals surface area contributed by atoms with Gasteiger partial charge >= 0.3 is 29.8 Å². The van der Waals surface area contributed by atoms with Crippen LogP contribution in [-0.4, -0.2) is 78.2 Å². The number of carbonyl (C=O) groups excluding carboxylic acids is 5. The van der Waals surface area contributed by atoms with Crippen molar-refractivity contribution in [1.82, 2.24) is 0 Å². The molecule has 13 atom stereocenters. The topological polar surface area (TPSA) is 159 Å². The smallest absolute Gasteiger partial charge is 0.313 e. The van der Waals surface area contributed by atoms with Crippen LogP contribution in [0.3, 0.4) is 0 Å². The summed E-state index contributed by atoms with van der Waals surface area (Å²) in [5, 5.41) is 0. The lowest BCUT2D eigenvalue weighted by molar-refractivity contribution is -0.224. The predicted molar refractivity (Wildman–Crippen MR) is 370 cm³/mol. The lowest BCUT2D eigenvalue weighted by atomic mass is 9.55. The van der Waals surface area contributed by atoms with Crippen LogP contribution >= 0.6 is 0 Å². The number of rotatable bonds is 25. The molecule has 0 aromatic rings. The van der Waals surface area contributed by atoms with Crippen molar-refractivity contribution in [2.45, 2.75) is 375 Å². The van der Waals surface area contributed by atoms with E-state index < -0.39 is 35.1 Å². The second kappa shape index (κ2) is 32.9. The van der Waals surface area contributed by atoms with Crippen LogP contribution in [0.1, 0.15) is 326 Å². The Hall–Kier alpha value is -2.77. The first-order valence-electron chi connectivity index (χ1n) is 38.4. The highest BCUT2D eigenvalue weighted by molar-refractivity contribution is 5.78. The van der Waals surface area contributed by atoms with Crippen LogP contribution in [0.25, 0.3) is 0 Å². The van der Waals surface area contributed by atoms with Crippen LogP contribution in [0.4, 0.5) is 0 Å². The van der Waals surface area contributed by atoms with E-state index in [0.29, 0.717) is 42.0 Å². The van der Waals surface area contributed by atoms with E-state index in [1.807, 2.05) is 125 Å². The van der Waals surface area contributed by atoms with E-state index in [-0.39, 0.29) is 51.9 Å². The minimum atomic E-state index is -0.415. The zero-order chi connectivity index (χ0) is 69.4. The summed E-state index contributed by atoms with van der Waals surface area (Å²) in [6, 6.07) is 0. The third kappa shape index (κ3) is 20.0. The quantitative estimate of drug-likeness (QED) is 0.0368. The molecule has 0 aromatic heterocycles. The Balaban J connectivity index is 0.000000186. The fraction of sp³-hybridized carbons (Fsp3) is 0.938. The molecular formula is C80H140O13. The molecule has 0 heterocycles. The zero-order valence-corrected chi connectivity index (χ0v) is 63.7. The van der Waals surface area contributed by atoms with Crippen molar-refractivity contribution in [2.24, 2.45) is 104 Å². The largest absolute Gasteiger partial charge is 0.459 e. The Bertz CT molecular complexity index is 2360. The number of hydrogen-bond acceptors (Lipinski definition) is 13. The highest BCUT2D eigenvalue weighted by atomic mass is 16.7. The van der Waals surface area contributed by atoms with Gasteiger partial charge in [0.05, 0.1) is 45.4 Å². The van der Waals surface area contributed by atoms with E-state index in [9.17, 15) is 24.0 Å². The van der Waals surface area contributed by atoms with Crippen molar-refractivity contribution in [3.05, 3.63) is 0 Å². The molecule has 538 valence electrons. The monoisotopic (exact) mass is 1310 g/mol. The summed E-state index contributed by atoms with van der Waals surface area (Å²) < 4.78 is 46.3. The van der Waals surface area contributed by atoms with E-state index in [2.05, 4.69) is 34.6 Å². The third-order valence-electron chi connectivity index (χ3n) is 26.5. The molecule has 13 nitrogen and oxygen atoms in total. The second-order valence-electron chi connectivity index (χ2n) is 35.2. The maximum absolute atomic E-state index is 12.2. The van der Waals surface area contributed by atoms with Crippen LogP contribution < -0.4 is 0 Å². The van der Waals surface area contributed by atoms with Gasteiger partial charge in [0, 0.05) is 0 Å². The van der Waals surface area contributed by atoms with Gasteiger partial charge in [-0.25, -0.2) is 0 Å². The minimum Gasteiger partial charge on any atom is -0.459 e.